The topological polar surface area (TPSA) is 94.0 Å². The lowest BCUT2D eigenvalue weighted by atomic mass is 9.85. The van der Waals surface area contributed by atoms with Crippen LogP contribution in [0.25, 0.3) is 0 Å². The van der Waals surface area contributed by atoms with E-state index in [2.05, 4.69) is 15.5 Å². The van der Waals surface area contributed by atoms with Crippen molar-refractivity contribution in [3.05, 3.63) is 47.6 Å². The number of nitrogens with one attached hydrogen (secondary N) is 1. The molecule has 0 saturated heterocycles. The Morgan fingerprint density at radius 1 is 1.29 bits per heavy atom. The van der Waals surface area contributed by atoms with Gasteiger partial charge < -0.3 is 10.3 Å². The van der Waals surface area contributed by atoms with Gasteiger partial charge in [0.15, 0.2) is 5.82 Å². The maximum Gasteiger partial charge on any atom is 0.239 e. The SMILES string of the molecule is CCc1noc(C2CCC(NC(C(N)=O)c3ccccc3)CC2)n1. The molecule has 1 aromatic heterocycles. The molecule has 0 aliphatic heterocycles. The van der Waals surface area contributed by atoms with Crippen LogP contribution in [0.3, 0.4) is 0 Å². The zero-order valence-electron chi connectivity index (χ0n) is 13.9. The van der Waals surface area contributed by atoms with E-state index in [-0.39, 0.29) is 11.9 Å². The third-order valence-corrected chi connectivity index (χ3v) is 4.70. The van der Waals surface area contributed by atoms with Crippen LogP contribution in [0, 0.1) is 0 Å². The summed E-state index contributed by atoms with van der Waals surface area (Å²) in [7, 11) is 0. The summed E-state index contributed by atoms with van der Waals surface area (Å²) in [5.41, 5.74) is 6.50. The number of amides is 1. The fraction of sp³-hybridized carbons (Fsp3) is 0.500. The summed E-state index contributed by atoms with van der Waals surface area (Å²) in [5, 5.41) is 7.40. The maximum absolute atomic E-state index is 11.8. The van der Waals surface area contributed by atoms with Crippen LogP contribution < -0.4 is 11.1 Å². The number of primary amides is 1. The molecular formula is C18H24N4O2. The zero-order valence-corrected chi connectivity index (χ0v) is 13.9. The molecule has 0 spiro atoms. The lowest BCUT2D eigenvalue weighted by Crippen LogP contribution is -2.41. The number of rotatable bonds is 6. The first-order valence-corrected chi connectivity index (χ1v) is 8.60. The third kappa shape index (κ3) is 3.82. The molecule has 6 nitrogen and oxygen atoms in total. The van der Waals surface area contributed by atoms with Crippen LogP contribution in [-0.4, -0.2) is 22.1 Å². The number of nitrogens with two attached hydrogens (primary N) is 1. The van der Waals surface area contributed by atoms with Crippen LogP contribution in [0.4, 0.5) is 0 Å². The van der Waals surface area contributed by atoms with E-state index in [1.165, 1.54) is 0 Å². The molecule has 3 rings (SSSR count). The van der Waals surface area contributed by atoms with Gasteiger partial charge in [-0.05, 0) is 31.2 Å². The Morgan fingerprint density at radius 3 is 2.58 bits per heavy atom. The van der Waals surface area contributed by atoms with Gasteiger partial charge in [0.1, 0.15) is 6.04 Å². The summed E-state index contributed by atoms with van der Waals surface area (Å²) in [5.74, 6) is 1.50. The van der Waals surface area contributed by atoms with E-state index < -0.39 is 6.04 Å². The number of hydrogen-bond acceptors (Lipinski definition) is 5. The molecule has 1 aromatic carbocycles. The molecule has 1 unspecified atom stereocenters. The van der Waals surface area contributed by atoms with Crippen LogP contribution in [-0.2, 0) is 11.2 Å². The molecule has 1 atom stereocenters. The quantitative estimate of drug-likeness (QED) is 0.849. The summed E-state index contributed by atoms with van der Waals surface area (Å²) >= 11 is 0. The van der Waals surface area contributed by atoms with Crippen molar-refractivity contribution >= 4 is 5.91 Å². The van der Waals surface area contributed by atoms with Crippen molar-refractivity contribution in [3.8, 4) is 0 Å². The van der Waals surface area contributed by atoms with Gasteiger partial charge in [-0.1, -0.05) is 42.4 Å². The number of aryl methyl sites for hydroxylation is 1. The number of benzene rings is 1. The maximum atomic E-state index is 11.8. The van der Waals surface area contributed by atoms with Crippen molar-refractivity contribution in [2.75, 3.05) is 0 Å². The third-order valence-electron chi connectivity index (χ3n) is 4.70. The molecule has 0 bridgehead atoms. The van der Waals surface area contributed by atoms with E-state index in [1.807, 2.05) is 37.3 Å². The first-order chi connectivity index (χ1) is 11.7. The standard InChI is InChI=1S/C18H24N4O2/c1-2-15-21-18(24-22-15)13-8-10-14(11-9-13)20-16(17(19)23)12-6-4-3-5-7-12/h3-7,13-14,16,20H,2,8-11H2,1H3,(H2,19,23). The lowest BCUT2D eigenvalue weighted by molar-refractivity contribution is -0.120. The van der Waals surface area contributed by atoms with Crippen LogP contribution in [0.15, 0.2) is 34.9 Å². The summed E-state index contributed by atoms with van der Waals surface area (Å²) in [6.07, 6.45) is 4.67. The first kappa shape index (κ1) is 16.6. The van der Waals surface area contributed by atoms with E-state index in [4.69, 9.17) is 10.3 Å². The van der Waals surface area contributed by atoms with Crippen molar-refractivity contribution in [1.82, 2.24) is 15.5 Å². The highest BCUT2D eigenvalue weighted by molar-refractivity contribution is 5.81. The van der Waals surface area contributed by atoms with Crippen molar-refractivity contribution < 1.29 is 9.32 Å². The second kappa shape index (κ2) is 7.57. The Balaban J connectivity index is 1.58. The summed E-state index contributed by atoms with van der Waals surface area (Å²) in [6, 6.07) is 9.46. The molecule has 1 saturated carbocycles. The molecule has 3 N–H and O–H groups in total. The summed E-state index contributed by atoms with van der Waals surface area (Å²) < 4.78 is 5.36. The Kier molecular flexibility index (Phi) is 5.25. The average Bonchev–Trinajstić information content (AvgIpc) is 3.10. The molecule has 1 aliphatic carbocycles. The van der Waals surface area contributed by atoms with Gasteiger partial charge in [-0.3, -0.25) is 10.1 Å². The van der Waals surface area contributed by atoms with E-state index in [0.29, 0.717) is 5.92 Å². The number of carbonyl (C=O) groups excluding carboxylic acids is 1. The van der Waals surface area contributed by atoms with Gasteiger partial charge in [0, 0.05) is 18.4 Å². The van der Waals surface area contributed by atoms with Crippen molar-refractivity contribution in [2.45, 2.75) is 57.0 Å². The minimum atomic E-state index is -0.442. The monoisotopic (exact) mass is 328 g/mol. The second-order valence-electron chi connectivity index (χ2n) is 6.36. The largest absolute Gasteiger partial charge is 0.368 e. The highest BCUT2D eigenvalue weighted by Gasteiger charge is 2.29. The average molecular weight is 328 g/mol. The van der Waals surface area contributed by atoms with Gasteiger partial charge in [0.05, 0.1) is 0 Å². The molecule has 1 aliphatic rings. The molecule has 128 valence electrons. The minimum absolute atomic E-state index is 0.271. The fourth-order valence-corrected chi connectivity index (χ4v) is 3.31. The van der Waals surface area contributed by atoms with Crippen molar-refractivity contribution in [1.29, 1.82) is 0 Å². The summed E-state index contributed by atoms with van der Waals surface area (Å²) in [4.78, 5) is 16.3. The first-order valence-electron chi connectivity index (χ1n) is 8.60. The van der Waals surface area contributed by atoms with E-state index in [0.717, 1.165) is 49.4 Å². The highest BCUT2D eigenvalue weighted by atomic mass is 16.5. The molecule has 1 heterocycles. The van der Waals surface area contributed by atoms with Gasteiger partial charge in [-0.15, -0.1) is 0 Å². The Morgan fingerprint density at radius 2 is 2.00 bits per heavy atom. The second-order valence-corrected chi connectivity index (χ2v) is 6.36. The van der Waals surface area contributed by atoms with Gasteiger partial charge in [-0.2, -0.15) is 4.98 Å². The van der Waals surface area contributed by atoms with Gasteiger partial charge in [0.25, 0.3) is 0 Å². The van der Waals surface area contributed by atoms with E-state index in [9.17, 15) is 4.79 Å². The lowest BCUT2D eigenvalue weighted by Gasteiger charge is -2.30. The smallest absolute Gasteiger partial charge is 0.239 e. The zero-order chi connectivity index (χ0) is 16.9. The normalized spacial score (nSPS) is 22.2. The van der Waals surface area contributed by atoms with Gasteiger partial charge >= 0.3 is 0 Å². The Hall–Kier alpha value is -2.21. The molecule has 2 aromatic rings. The van der Waals surface area contributed by atoms with Gasteiger partial charge in [0.2, 0.25) is 11.8 Å². The molecule has 1 amide bonds. The van der Waals surface area contributed by atoms with E-state index >= 15 is 0 Å². The highest BCUT2D eigenvalue weighted by Crippen LogP contribution is 2.32. The molecule has 6 heteroatoms. The molecule has 24 heavy (non-hydrogen) atoms. The number of nitrogens with zero attached hydrogens (tertiary/aromatic N) is 2. The van der Waals surface area contributed by atoms with Gasteiger partial charge in [-0.25, -0.2) is 0 Å². The van der Waals surface area contributed by atoms with Crippen molar-refractivity contribution in [3.63, 3.8) is 0 Å². The summed E-state index contributed by atoms with van der Waals surface area (Å²) in [6.45, 7) is 2.02. The van der Waals surface area contributed by atoms with E-state index in [1.54, 1.807) is 0 Å². The van der Waals surface area contributed by atoms with Crippen LogP contribution >= 0.6 is 0 Å². The predicted octanol–water partition coefficient (Wildman–Crippen LogP) is 2.47. The predicted molar refractivity (Wildman–Crippen MR) is 90.2 cm³/mol. The van der Waals surface area contributed by atoms with Crippen LogP contribution in [0.1, 0.15) is 61.8 Å². The molecule has 1 fully saturated rings. The number of carbonyl (C=O) groups is 1. The fourth-order valence-electron chi connectivity index (χ4n) is 3.31. The van der Waals surface area contributed by atoms with Crippen LogP contribution in [0.2, 0.25) is 0 Å². The molecule has 0 radical (unpaired) electrons. The molecular weight excluding hydrogens is 304 g/mol. The van der Waals surface area contributed by atoms with Crippen LogP contribution in [0.5, 0.6) is 0 Å². The Bertz CT molecular complexity index is 663. The Labute approximate surface area is 141 Å². The minimum Gasteiger partial charge on any atom is -0.368 e. The number of aromatic nitrogens is 2. The van der Waals surface area contributed by atoms with Crippen molar-refractivity contribution in [2.24, 2.45) is 5.73 Å². The number of hydrogen-bond donors (Lipinski definition) is 2.